The molecule has 1 atom stereocenters. The van der Waals surface area contributed by atoms with E-state index in [2.05, 4.69) is 35.3 Å². The number of nitrogens with zero attached hydrogens (tertiary/aromatic N) is 5. The summed E-state index contributed by atoms with van der Waals surface area (Å²) in [6, 6.07) is 3.49. The number of hydrogen-bond donors (Lipinski definition) is 1. The van der Waals surface area contributed by atoms with E-state index < -0.39 is 0 Å². The van der Waals surface area contributed by atoms with E-state index >= 15 is 0 Å². The molecule has 33 heavy (non-hydrogen) atoms. The molecule has 4 aliphatic rings. The fourth-order valence-corrected chi connectivity index (χ4v) is 8.07. The number of thiol groups is 1. The minimum absolute atomic E-state index is 0.239. The van der Waals surface area contributed by atoms with Crippen LogP contribution in [-0.4, -0.2) is 68.8 Å². The molecule has 1 aliphatic carbocycles. The summed E-state index contributed by atoms with van der Waals surface area (Å²) < 4.78 is 1.91. The highest BCUT2D eigenvalue weighted by atomic mass is 32.2. The van der Waals surface area contributed by atoms with Gasteiger partial charge in [-0.3, -0.25) is 8.96 Å². The lowest BCUT2D eigenvalue weighted by Gasteiger charge is -2.34. The Bertz CT molecular complexity index is 1010. The van der Waals surface area contributed by atoms with Gasteiger partial charge in [0.25, 0.3) is 0 Å². The minimum atomic E-state index is 0.239. The summed E-state index contributed by atoms with van der Waals surface area (Å²) in [6.07, 6.45) is 14.8. The molecular weight excluding hydrogens is 446 g/mol. The molecule has 1 unspecified atom stereocenters. The van der Waals surface area contributed by atoms with Crippen LogP contribution in [0.2, 0.25) is 0 Å². The molecule has 5 heterocycles. The molecule has 0 aromatic carbocycles. The molecule has 2 aromatic rings. The highest BCUT2D eigenvalue weighted by molar-refractivity contribution is 8.14. The predicted molar refractivity (Wildman–Crippen MR) is 143 cm³/mol. The van der Waals surface area contributed by atoms with E-state index in [4.69, 9.17) is 22.8 Å². The van der Waals surface area contributed by atoms with Crippen LogP contribution in [0.4, 0.5) is 0 Å². The van der Waals surface area contributed by atoms with E-state index in [0.717, 1.165) is 17.4 Å². The summed E-state index contributed by atoms with van der Waals surface area (Å²) >= 11 is 6.70. The molecule has 7 heteroatoms. The standard InChI is InChI=1S/C26H37N5S2/c1-29-12-8-19(9-13-29)26-28-24(17-33-26)23-16-31(32)25-22(23)14-20(15-27-25)18-4-6-21(7-5-18)30-10-2-3-11-30/h14-16,18-19,21,24,32H,2-13,17H2,1H3/t18-,21-,24?. The normalized spacial score (nSPS) is 30.4. The van der Waals surface area contributed by atoms with Gasteiger partial charge in [-0.2, -0.15) is 0 Å². The van der Waals surface area contributed by atoms with Gasteiger partial charge in [-0.25, -0.2) is 4.98 Å². The molecule has 0 spiro atoms. The molecule has 0 amide bonds. The van der Waals surface area contributed by atoms with Crippen molar-refractivity contribution in [3.63, 3.8) is 0 Å². The maximum atomic E-state index is 5.25. The fourth-order valence-electron chi connectivity index (χ4n) is 6.53. The molecule has 0 N–H and O–H groups in total. The van der Waals surface area contributed by atoms with Crippen LogP contribution in [0.1, 0.15) is 74.5 Å². The molecule has 3 fully saturated rings. The zero-order chi connectivity index (χ0) is 22.4. The Kier molecular flexibility index (Phi) is 6.50. The second kappa shape index (κ2) is 9.56. The lowest BCUT2D eigenvalue weighted by atomic mass is 9.81. The Morgan fingerprint density at radius 2 is 1.73 bits per heavy atom. The maximum absolute atomic E-state index is 5.25. The third kappa shape index (κ3) is 4.51. The molecule has 2 aromatic heterocycles. The lowest BCUT2D eigenvalue weighted by Crippen LogP contribution is -2.35. The Hall–Kier alpha value is -1.02. The van der Waals surface area contributed by atoms with Gasteiger partial charge in [0.2, 0.25) is 0 Å². The van der Waals surface area contributed by atoms with E-state index in [0.29, 0.717) is 11.8 Å². The summed E-state index contributed by atoms with van der Waals surface area (Å²) in [5.74, 6) is 2.35. The van der Waals surface area contributed by atoms with Gasteiger partial charge in [-0.15, -0.1) is 11.8 Å². The summed E-state index contributed by atoms with van der Waals surface area (Å²) in [5, 5.41) is 2.65. The predicted octanol–water partition coefficient (Wildman–Crippen LogP) is 5.38. The van der Waals surface area contributed by atoms with E-state index in [9.17, 15) is 0 Å². The first-order chi connectivity index (χ1) is 16.2. The van der Waals surface area contributed by atoms with E-state index in [1.165, 1.54) is 99.1 Å². The molecule has 3 aliphatic heterocycles. The minimum Gasteiger partial charge on any atom is -0.306 e. The van der Waals surface area contributed by atoms with Gasteiger partial charge in [0.15, 0.2) is 0 Å². The SMILES string of the molecule is CN1CCC(C2=NC(c3cn(S)c4ncc([C@H]5CC[C@H](N6CCCC6)CC5)cc34)CS2)CC1. The lowest BCUT2D eigenvalue weighted by molar-refractivity contribution is 0.182. The average Bonchev–Trinajstić information content (AvgIpc) is 3.60. The quantitative estimate of drug-likeness (QED) is 0.593. The van der Waals surface area contributed by atoms with Crippen molar-refractivity contribution in [2.45, 2.75) is 69.4 Å². The van der Waals surface area contributed by atoms with Crippen molar-refractivity contribution in [1.29, 1.82) is 0 Å². The van der Waals surface area contributed by atoms with E-state index in [-0.39, 0.29) is 6.04 Å². The van der Waals surface area contributed by atoms with Crippen molar-refractivity contribution in [2.75, 3.05) is 39.0 Å². The third-order valence-corrected chi connectivity index (χ3v) is 10.1. The Morgan fingerprint density at radius 3 is 2.48 bits per heavy atom. The van der Waals surface area contributed by atoms with Crippen molar-refractivity contribution in [1.82, 2.24) is 18.8 Å². The van der Waals surface area contributed by atoms with Gasteiger partial charge in [-0.1, -0.05) is 12.8 Å². The van der Waals surface area contributed by atoms with E-state index in [1.54, 1.807) is 0 Å². The van der Waals surface area contributed by atoms with Crippen LogP contribution in [0.15, 0.2) is 23.5 Å². The van der Waals surface area contributed by atoms with Crippen molar-refractivity contribution in [3.8, 4) is 0 Å². The smallest absolute Gasteiger partial charge is 0.150 e. The van der Waals surface area contributed by atoms with Crippen molar-refractivity contribution in [3.05, 3.63) is 29.6 Å². The summed E-state index contributed by atoms with van der Waals surface area (Å²) in [6.45, 7) is 5.03. The van der Waals surface area contributed by atoms with Gasteiger partial charge in [0.05, 0.1) is 11.1 Å². The number of thioether (sulfide) groups is 1. The summed E-state index contributed by atoms with van der Waals surface area (Å²) in [7, 11) is 2.23. The zero-order valence-corrected chi connectivity index (χ0v) is 21.5. The summed E-state index contributed by atoms with van der Waals surface area (Å²) in [5.41, 5.74) is 3.72. The van der Waals surface area contributed by atoms with Gasteiger partial charge < -0.3 is 9.80 Å². The van der Waals surface area contributed by atoms with Gasteiger partial charge in [0.1, 0.15) is 5.65 Å². The number of piperidine rings is 1. The molecular formula is C26H37N5S2. The van der Waals surface area contributed by atoms with Crippen LogP contribution in [0.3, 0.4) is 0 Å². The number of pyridine rings is 1. The van der Waals surface area contributed by atoms with Crippen molar-refractivity contribution >= 4 is 40.7 Å². The van der Waals surface area contributed by atoms with Gasteiger partial charge in [-0.05, 0) is 102 Å². The van der Waals surface area contributed by atoms with Crippen LogP contribution < -0.4 is 0 Å². The Morgan fingerprint density at radius 1 is 0.970 bits per heavy atom. The summed E-state index contributed by atoms with van der Waals surface area (Å²) in [4.78, 5) is 15.3. The van der Waals surface area contributed by atoms with Crippen molar-refractivity contribution < 1.29 is 0 Å². The highest BCUT2D eigenvalue weighted by Crippen LogP contribution is 2.41. The van der Waals surface area contributed by atoms with Crippen LogP contribution in [-0.2, 0) is 0 Å². The van der Waals surface area contributed by atoms with Crippen molar-refractivity contribution in [2.24, 2.45) is 10.9 Å². The monoisotopic (exact) mass is 483 g/mol. The molecule has 0 radical (unpaired) electrons. The molecule has 2 saturated heterocycles. The molecule has 178 valence electrons. The number of likely N-dealkylation sites (tertiary alicyclic amines) is 2. The fraction of sp³-hybridized carbons (Fsp3) is 0.692. The largest absolute Gasteiger partial charge is 0.306 e. The van der Waals surface area contributed by atoms with Gasteiger partial charge in [0, 0.05) is 41.1 Å². The first-order valence-corrected chi connectivity index (χ1v) is 14.4. The maximum Gasteiger partial charge on any atom is 0.150 e. The number of aromatic nitrogens is 2. The Labute approximate surface area is 207 Å². The first-order valence-electron chi connectivity index (χ1n) is 13.0. The second-order valence-electron chi connectivity index (χ2n) is 10.7. The molecule has 0 bridgehead atoms. The number of rotatable bonds is 4. The van der Waals surface area contributed by atoms with Crippen LogP contribution in [0.25, 0.3) is 11.0 Å². The van der Waals surface area contributed by atoms with Gasteiger partial charge >= 0.3 is 0 Å². The van der Waals surface area contributed by atoms with Crippen LogP contribution in [0.5, 0.6) is 0 Å². The first kappa shape index (κ1) is 22.4. The number of aliphatic imine (C=N–C) groups is 1. The topological polar surface area (TPSA) is 36.7 Å². The average molecular weight is 484 g/mol. The molecule has 5 nitrogen and oxygen atoms in total. The van der Waals surface area contributed by atoms with E-state index in [1.807, 2.05) is 15.7 Å². The number of fused-ring (bicyclic) bond motifs is 1. The van der Waals surface area contributed by atoms with Crippen LogP contribution in [0, 0.1) is 5.92 Å². The third-order valence-electron chi connectivity index (χ3n) is 8.60. The molecule has 6 rings (SSSR count). The second-order valence-corrected chi connectivity index (χ2v) is 12.2. The Balaban J connectivity index is 1.20. The van der Waals surface area contributed by atoms with Crippen LogP contribution >= 0.6 is 24.6 Å². The zero-order valence-electron chi connectivity index (χ0n) is 19.8. The highest BCUT2D eigenvalue weighted by Gasteiger charge is 2.31. The number of hydrogen-bond acceptors (Lipinski definition) is 6. The molecule has 1 saturated carbocycles.